The van der Waals surface area contributed by atoms with Crippen LogP contribution in [0.15, 0.2) is 12.7 Å². The van der Waals surface area contributed by atoms with Gasteiger partial charge in [-0.15, -0.1) is 0 Å². The molecule has 32 heavy (non-hydrogen) atoms. The van der Waals surface area contributed by atoms with Crippen molar-refractivity contribution in [2.24, 2.45) is 5.41 Å². The van der Waals surface area contributed by atoms with Crippen LogP contribution in [0.3, 0.4) is 0 Å². The van der Waals surface area contributed by atoms with Crippen molar-refractivity contribution in [3.63, 3.8) is 0 Å². The van der Waals surface area contributed by atoms with Crippen LogP contribution in [-0.4, -0.2) is 55.4 Å². The quantitative estimate of drug-likeness (QED) is 0.560. The molecule has 1 aliphatic rings. The van der Waals surface area contributed by atoms with Gasteiger partial charge >= 0.3 is 6.72 Å². The molecular weight excluding hydrogens is 453 g/mol. The maximum atomic E-state index is 10.9. The lowest BCUT2D eigenvalue weighted by Gasteiger charge is -2.39. The maximum Gasteiger partial charge on any atom is 0.325 e. The average Bonchev–Trinajstić information content (AvgIpc) is 3.14. The Morgan fingerprint density at radius 3 is 2.56 bits per heavy atom. The minimum absolute atomic E-state index is 0.123. The molecule has 4 atom stereocenters. The molecule has 0 bridgehead atoms. The summed E-state index contributed by atoms with van der Waals surface area (Å²) < 4.78 is 25.8. The predicted molar refractivity (Wildman–Crippen MR) is 125 cm³/mol. The van der Waals surface area contributed by atoms with Crippen molar-refractivity contribution in [3.05, 3.63) is 12.7 Å². The highest BCUT2D eigenvalue weighted by Crippen LogP contribution is 2.55. The lowest BCUT2D eigenvalue weighted by molar-refractivity contribution is -0.147. The van der Waals surface area contributed by atoms with Crippen molar-refractivity contribution in [2.75, 3.05) is 19.5 Å². The van der Waals surface area contributed by atoms with E-state index in [1.807, 2.05) is 20.8 Å². The van der Waals surface area contributed by atoms with Crippen LogP contribution in [0, 0.1) is 5.41 Å². The summed E-state index contributed by atoms with van der Waals surface area (Å²) in [4.78, 5) is 23.5. The molecule has 0 aromatic carbocycles. The molecule has 2 aromatic heterocycles. The summed E-state index contributed by atoms with van der Waals surface area (Å²) in [6.07, 6.45) is 2.94. The molecule has 180 valence electrons. The second-order valence-electron chi connectivity index (χ2n) is 10.4. The number of nitrogens with two attached hydrogens (primary N) is 1. The first-order chi connectivity index (χ1) is 14.6. The van der Waals surface area contributed by atoms with Gasteiger partial charge in [0.05, 0.1) is 18.5 Å². The molecule has 12 heteroatoms. The molecule has 0 aliphatic carbocycles. The number of methoxy groups -OCH3 is 1. The molecule has 1 fully saturated rings. The van der Waals surface area contributed by atoms with Gasteiger partial charge in [0.1, 0.15) is 29.8 Å². The Morgan fingerprint density at radius 1 is 1.28 bits per heavy atom. The van der Waals surface area contributed by atoms with Crippen molar-refractivity contribution in [2.45, 2.75) is 77.9 Å². The Kier molecular flexibility index (Phi) is 7.04. The summed E-state index contributed by atoms with van der Waals surface area (Å²) in [5.74, 6) is 0.293. The molecule has 1 saturated heterocycles. The minimum Gasteiger partial charge on any atom is -0.382 e. The second-order valence-corrected chi connectivity index (χ2v) is 13.1. The Balaban J connectivity index is 2.01. The van der Waals surface area contributed by atoms with Crippen molar-refractivity contribution in [1.29, 1.82) is 0 Å². The lowest BCUT2D eigenvalue weighted by Crippen LogP contribution is -2.47. The van der Waals surface area contributed by atoms with Crippen LogP contribution in [0.1, 0.15) is 60.6 Å². The van der Waals surface area contributed by atoms with Gasteiger partial charge in [0, 0.05) is 13.5 Å². The van der Waals surface area contributed by atoms with E-state index in [9.17, 15) is 4.89 Å². The zero-order chi connectivity index (χ0) is 23.9. The Labute approximate surface area is 194 Å². The molecule has 10 nitrogen and oxygen atoms in total. The van der Waals surface area contributed by atoms with Crippen LogP contribution in [-0.2, 0) is 30.3 Å². The number of nitrogens with zero attached hydrogens (tertiary/aromatic N) is 4. The Bertz CT molecular complexity index is 1000. The van der Waals surface area contributed by atoms with E-state index in [0.717, 1.165) is 0 Å². The maximum absolute atomic E-state index is 10.9. The summed E-state index contributed by atoms with van der Waals surface area (Å²) in [5.41, 5.74) is 5.34. The number of hydrogen-bond donors (Lipinski definition) is 2. The Morgan fingerprint density at radius 2 is 1.97 bits per heavy atom. The van der Waals surface area contributed by atoms with Gasteiger partial charge in [-0.2, -0.15) is 0 Å². The van der Waals surface area contributed by atoms with E-state index in [1.54, 1.807) is 18.0 Å². The van der Waals surface area contributed by atoms with Gasteiger partial charge in [0.2, 0.25) is 0 Å². The number of ether oxygens (including phenoxy) is 2. The normalized spacial score (nSPS) is 26.5. The van der Waals surface area contributed by atoms with Gasteiger partial charge in [-0.1, -0.05) is 20.8 Å². The van der Waals surface area contributed by atoms with Gasteiger partial charge in [0.25, 0.3) is 0 Å². The molecule has 3 rings (SSSR count). The highest BCUT2D eigenvalue weighted by molar-refractivity contribution is 8.07. The summed E-state index contributed by atoms with van der Waals surface area (Å²) >= 11 is 5.36. The van der Waals surface area contributed by atoms with Crippen LogP contribution < -0.4 is 5.73 Å². The van der Waals surface area contributed by atoms with Gasteiger partial charge < -0.3 is 29.1 Å². The third-order valence-corrected chi connectivity index (χ3v) is 6.72. The fourth-order valence-corrected chi connectivity index (χ4v) is 6.50. The van der Waals surface area contributed by atoms with Crippen LogP contribution >= 0.6 is 6.72 Å². The zero-order valence-electron chi connectivity index (χ0n) is 19.7. The third-order valence-electron chi connectivity index (χ3n) is 4.94. The molecule has 3 N–H and O–H groups in total. The number of aromatic nitrogens is 4. The topological polar surface area (TPSA) is 127 Å². The smallest absolute Gasteiger partial charge is 0.325 e. The molecular formula is C20H34N5O5PS. The molecule has 1 aliphatic heterocycles. The van der Waals surface area contributed by atoms with E-state index in [-0.39, 0.29) is 12.0 Å². The largest absolute Gasteiger partial charge is 0.382 e. The summed E-state index contributed by atoms with van der Waals surface area (Å²) in [5, 5.41) is 0. The number of imidazole rings is 1. The van der Waals surface area contributed by atoms with Gasteiger partial charge in [-0.25, -0.2) is 15.0 Å². The van der Waals surface area contributed by atoms with Crippen LogP contribution in [0.2, 0.25) is 0 Å². The molecule has 3 heterocycles. The third kappa shape index (κ3) is 5.83. The van der Waals surface area contributed by atoms with E-state index >= 15 is 0 Å². The predicted octanol–water partition coefficient (Wildman–Crippen LogP) is 3.57. The van der Waals surface area contributed by atoms with Gasteiger partial charge in [-0.05, 0) is 44.4 Å². The number of hydrogen-bond acceptors (Lipinski definition) is 9. The van der Waals surface area contributed by atoms with Gasteiger partial charge in [0.15, 0.2) is 11.5 Å². The highest BCUT2D eigenvalue weighted by atomic mass is 32.5. The fraction of sp³-hybridized carbons (Fsp3) is 0.750. The first kappa shape index (κ1) is 25.4. The fourth-order valence-electron chi connectivity index (χ4n) is 4.19. The number of rotatable bonds is 7. The van der Waals surface area contributed by atoms with Crippen molar-refractivity contribution >= 4 is 35.5 Å². The molecule has 0 amide bonds. The number of nitrogen functional groups attached to an aromatic ring is 1. The van der Waals surface area contributed by atoms with Crippen LogP contribution in [0.25, 0.3) is 11.2 Å². The summed E-state index contributed by atoms with van der Waals surface area (Å²) in [6.45, 7) is 8.48. The molecule has 0 radical (unpaired) electrons. The minimum atomic E-state index is -3.56. The van der Waals surface area contributed by atoms with Crippen molar-refractivity contribution in [3.8, 4) is 0 Å². The highest BCUT2D eigenvalue weighted by Gasteiger charge is 2.54. The van der Waals surface area contributed by atoms with Crippen molar-refractivity contribution < 1.29 is 23.4 Å². The Hall–Kier alpha value is -1.20. The first-order valence-corrected chi connectivity index (χ1v) is 13.1. The molecule has 0 saturated carbocycles. The van der Waals surface area contributed by atoms with Crippen LogP contribution in [0.4, 0.5) is 5.82 Å². The second kappa shape index (κ2) is 8.87. The van der Waals surface area contributed by atoms with Crippen LogP contribution in [0.5, 0.6) is 0 Å². The first-order valence-electron chi connectivity index (χ1n) is 10.5. The van der Waals surface area contributed by atoms with E-state index < -0.39 is 30.3 Å². The van der Waals surface area contributed by atoms with Gasteiger partial charge in [-0.3, -0.25) is 4.57 Å². The average molecular weight is 488 g/mol. The zero-order valence-corrected chi connectivity index (χ0v) is 21.4. The van der Waals surface area contributed by atoms with E-state index in [1.165, 1.54) is 6.33 Å². The van der Waals surface area contributed by atoms with E-state index in [2.05, 4.69) is 35.7 Å². The van der Waals surface area contributed by atoms with E-state index in [0.29, 0.717) is 29.8 Å². The molecule has 1 unspecified atom stereocenters. The summed E-state index contributed by atoms with van der Waals surface area (Å²) in [6, 6.07) is 0. The SMILES string of the molecule is COC[C@]1(CC(C)(C)C)O[C@@H](n2cnc3c(N)ncnc32)C[C@H]1OP(O)(=S)OC(C)(C)C. The molecule has 0 spiro atoms. The lowest BCUT2D eigenvalue weighted by atomic mass is 9.79. The number of anilines is 1. The monoisotopic (exact) mass is 487 g/mol. The summed E-state index contributed by atoms with van der Waals surface area (Å²) in [7, 11) is 1.61. The van der Waals surface area contributed by atoms with E-state index in [4.69, 9.17) is 36.1 Å². The molecule has 2 aromatic rings. The van der Waals surface area contributed by atoms with Crippen molar-refractivity contribution in [1.82, 2.24) is 19.5 Å². The number of fused-ring (bicyclic) bond motifs is 1. The standard InChI is InChI=1S/C20H34N5O5PS/c1-18(2,3)9-20(10-27-7)13(29-31(26,32)30-19(4,5)6)8-14(28-20)25-12-24-15-16(21)22-11-23-17(15)25/h11-14H,8-10H2,1-7H3,(H,26,32)(H2,21,22,23)/t13-,14-,20+,31?/m1/s1.